The molecule has 1 aliphatic heterocycles. The molecule has 0 bridgehead atoms. The molecule has 9 nitrogen and oxygen atoms in total. The average molecular weight is 391 g/mol. The van der Waals surface area contributed by atoms with Gasteiger partial charge in [0.25, 0.3) is 5.69 Å². The van der Waals surface area contributed by atoms with Gasteiger partial charge in [0.05, 0.1) is 22.6 Å². The predicted octanol–water partition coefficient (Wildman–Crippen LogP) is 2.13. The summed E-state index contributed by atoms with van der Waals surface area (Å²) in [5.41, 5.74) is 3.02. The fourth-order valence-electron chi connectivity index (χ4n) is 2.83. The van der Waals surface area contributed by atoms with Gasteiger partial charge in [-0.05, 0) is 36.6 Å². The van der Waals surface area contributed by atoms with Gasteiger partial charge in [0.2, 0.25) is 5.91 Å². The fraction of sp³-hybridized carbons (Fsp3) is 0.294. The number of nitro groups is 1. The Morgan fingerprint density at radius 3 is 2.67 bits per heavy atom. The lowest BCUT2D eigenvalue weighted by molar-refractivity contribution is -0.384. The SMILES string of the molecule is O=C(C[C@H]1CCS(=O)(=O)C1)N/N=C\c1ccc(-c2ccc([N+](=O)[O-])cc2)o1. The quantitative estimate of drug-likeness (QED) is 0.456. The van der Waals surface area contributed by atoms with Gasteiger partial charge in [-0.2, -0.15) is 5.10 Å². The molecule has 1 saturated heterocycles. The number of amides is 1. The number of hydrazone groups is 1. The number of hydrogen-bond acceptors (Lipinski definition) is 7. The van der Waals surface area contributed by atoms with E-state index in [0.717, 1.165) is 0 Å². The van der Waals surface area contributed by atoms with E-state index in [9.17, 15) is 23.3 Å². The number of hydrogen-bond donors (Lipinski definition) is 1. The number of nitrogens with zero attached hydrogens (tertiary/aromatic N) is 2. The highest BCUT2D eigenvalue weighted by atomic mass is 32.2. The van der Waals surface area contributed by atoms with Crippen LogP contribution in [0.3, 0.4) is 0 Å². The standard InChI is InChI=1S/C17H17N3O6S/c21-17(9-12-7-8-27(24,25)11-12)19-18-10-15-5-6-16(26-15)13-1-3-14(4-2-13)20(22)23/h1-6,10,12H,7-9,11H2,(H,19,21)/b18-10-/t12-/m1/s1. The van der Waals surface area contributed by atoms with Crippen LogP contribution in [0, 0.1) is 16.0 Å². The number of benzene rings is 1. The van der Waals surface area contributed by atoms with Crippen LogP contribution in [-0.4, -0.2) is 37.0 Å². The first-order valence-electron chi connectivity index (χ1n) is 8.19. The van der Waals surface area contributed by atoms with E-state index < -0.39 is 14.8 Å². The first-order valence-corrected chi connectivity index (χ1v) is 10.0. The summed E-state index contributed by atoms with van der Waals surface area (Å²) in [5, 5.41) is 14.5. The average Bonchev–Trinajstić information content (AvgIpc) is 3.21. The summed E-state index contributed by atoms with van der Waals surface area (Å²) in [5.74, 6) is 0.562. The maximum atomic E-state index is 11.8. The molecule has 1 amide bonds. The van der Waals surface area contributed by atoms with Crippen molar-refractivity contribution in [3.05, 3.63) is 52.3 Å². The van der Waals surface area contributed by atoms with Gasteiger partial charge in [-0.3, -0.25) is 14.9 Å². The Balaban J connectivity index is 1.54. The molecule has 0 aliphatic carbocycles. The van der Waals surface area contributed by atoms with Crippen molar-refractivity contribution in [1.82, 2.24) is 5.43 Å². The van der Waals surface area contributed by atoms with E-state index in [1.165, 1.54) is 18.3 Å². The Kier molecular flexibility index (Phi) is 5.36. The number of non-ortho nitro benzene ring substituents is 1. The van der Waals surface area contributed by atoms with E-state index >= 15 is 0 Å². The van der Waals surface area contributed by atoms with Crippen LogP contribution < -0.4 is 5.43 Å². The number of sulfone groups is 1. The van der Waals surface area contributed by atoms with E-state index in [1.54, 1.807) is 24.3 Å². The van der Waals surface area contributed by atoms with Crippen molar-refractivity contribution in [2.45, 2.75) is 12.8 Å². The van der Waals surface area contributed by atoms with Crippen LogP contribution in [-0.2, 0) is 14.6 Å². The van der Waals surface area contributed by atoms with Gasteiger partial charge < -0.3 is 4.42 Å². The molecule has 1 atom stereocenters. The summed E-state index contributed by atoms with van der Waals surface area (Å²) in [7, 11) is -3.01. The molecule has 3 rings (SSSR count). The van der Waals surface area contributed by atoms with Crippen LogP contribution in [0.5, 0.6) is 0 Å². The molecule has 1 fully saturated rings. The number of nitro benzene ring substituents is 1. The highest BCUT2D eigenvalue weighted by molar-refractivity contribution is 7.91. The zero-order valence-electron chi connectivity index (χ0n) is 14.2. The Bertz CT molecular complexity index is 978. The second kappa shape index (κ2) is 7.70. The van der Waals surface area contributed by atoms with Crippen LogP contribution in [0.25, 0.3) is 11.3 Å². The molecule has 1 N–H and O–H groups in total. The molecule has 1 aliphatic rings. The normalized spacial score (nSPS) is 18.6. The lowest BCUT2D eigenvalue weighted by Crippen LogP contribution is -2.21. The van der Waals surface area contributed by atoms with E-state index in [1.807, 2.05) is 0 Å². The molecular formula is C17H17N3O6S. The third-order valence-corrected chi connectivity index (χ3v) is 6.01. The molecular weight excluding hydrogens is 374 g/mol. The smallest absolute Gasteiger partial charge is 0.269 e. The summed E-state index contributed by atoms with van der Waals surface area (Å²) in [6, 6.07) is 9.26. The second-order valence-corrected chi connectivity index (χ2v) is 8.50. The van der Waals surface area contributed by atoms with Gasteiger partial charge >= 0.3 is 0 Å². The maximum absolute atomic E-state index is 11.8. The Morgan fingerprint density at radius 1 is 1.30 bits per heavy atom. The molecule has 1 aromatic heterocycles. The molecule has 27 heavy (non-hydrogen) atoms. The van der Waals surface area contributed by atoms with Crippen LogP contribution >= 0.6 is 0 Å². The largest absolute Gasteiger partial charge is 0.455 e. The Hall–Kier alpha value is -3.01. The van der Waals surface area contributed by atoms with Crippen LogP contribution in [0.4, 0.5) is 5.69 Å². The van der Waals surface area contributed by atoms with Gasteiger partial charge in [-0.25, -0.2) is 13.8 Å². The van der Waals surface area contributed by atoms with Crippen LogP contribution in [0.1, 0.15) is 18.6 Å². The van der Waals surface area contributed by atoms with Crippen molar-refractivity contribution < 1.29 is 22.6 Å². The number of rotatable bonds is 6. The zero-order valence-corrected chi connectivity index (χ0v) is 15.0. The van der Waals surface area contributed by atoms with Crippen molar-refractivity contribution in [3.63, 3.8) is 0 Å². The molecule has 2 heterocycles. The minimum atomic E-state index is -3.01. The van der Waals surface area contributed by atoms with Crippen molar-refractivity contribution in [1.29, 1.82) is 0 Å². The molecule has 0 radical (unpaired) electrons. The zero-order chi connectivity index (χ0) is 19.4. The van der Waals surface area contributed by atoms with Gasteiger partial charge in [-0.15, -0.1) is 0 Å². The molecule has 1 aromatic carbocycles. The molecule has 0 unspecified atom stereocenters. The Morgan fingerprint density at radius 2 is 2.04 bits per heavy atom. The van der Waals surface area contributed by atoms with E-state index in [2.05, 4.69) is 10.5 Å². The van der Waals surface area contributed by atoms with Crippen molar-refractivity contribution in [2.75, 3.05) is 11.5 Å². The lowest BCUT2D eigenvalue weighted by atomic mass is 10.1. The van der Waals surface area contributed by atoms with Gasteiger partial charge in [0.1, 0.15) is 11.5 Å². The third kappa shape index (κ3) is 5.00. The van der Waals surface area contributed by atoms with Gasteiger partial charge in [0.15, 0.2) is 9.84 Å². The van der Waals surface area contributed by atoms with Crippen molar-refractivity contribution >= 4 is 27.6 Å². The highest BCUT2D eigenvalue weighted by Gasteiger charge is 2.29. The van der Waals surface area contributed by atoms with Crippen LogP contribution in [0.2, 0.25) is 0 Å². The lowest BCUT2D eigenvalue weighted by Gasteiger charge is -2.04. The molecule has 0 saturated carbocycles. The molecule has 10 heteroatoms. The molecule has 142 valence electrons. The number of nitrogens with one attached hydrogen (secondary N) is 1. The van der Waals surface area contributed by atoms with Gasteiger partial charge in [-0.1, -0.05) is 0 Å². The highest BCUT2D eigenvalue weighted by Crippen LogP contribution is 2.24. The summed E-state index contributed by atoms with van der Waals surface area (Å²) >= 11 is 0. The number of furan rings is 1. The topological polar surface area (TPSA) is 132 Å². The number of carbonyl (C=O) groups excluding carboxylic acids is 1. The third-order valence-electron chi connectivity index (χ3n) is 4.17. The minimum Gasteiger partial charge on any atom is -0.455 e. The van der Waals surface area contributed by atoms with Crippen molar-refractivity contribution in [3.8, 4) is 11.3 Å². The summed E-state index contributed by atoms with van der Waals surface area (Å²) in [6.07, 6.45) is 1.94. The molecule has 0 spiro atoms. The van der Waals surface area contributed by atoms with Crippen LogP contribution in [0.15, 0.2) is 45.9 Å². The predicted molar refractivity (Wildman–Crippen MR) is 97.9 cm³/mol. The Labute approximate surface area is 155 Å². The first kappa shape index (κ1) is 18.8. The fourth-order valence-corrected chi connectivity index (χ4v) is 4.70. The summed E-state index contributed by atoms with van der Waals surface area (Å²) in [6.45, 7) is 0. The van der Waals surface area contributed by atoms with E-state index in [-0.39, 0.29) is 35.4 Å². The minimum absolute atomic E-state index is 0.00938. The monoisotopic (exact) mass is 391 g/mol. The van der Waals surface area contributed by atoms with E-state index in [4.69, 9.17) is 4.42 Å². The summed E-state index contributed by atoms with van der Waals surface area (Å²) in [4.78, 5) is 22.0. The summed E-state index contributed by atoms with van der Waals surface area (Å²) < 4.78 is 28.3. The van der Waals surface area contributed by atoms with Crippen molar-refractivity contribution in [2.24, 2.45) is 11.0 Å². The first-order chi connectivity index (χ1) is 12.8. The maximum Gasteiger partial charge on any atom is 0.269 e. The number of carbonyl (C=O) groups is 1. The molecule has 2 aromatic rings. The second-order valence-electron chi connectivity index (χ2n) is 6.27. The van der Waals surface area contributed by atoms with E-state index in [0.29, 0.717) is 23.5 Å². The van der Waals surface area contributed by atoms with Gasteiger partial charge in [0, 0.05) is 24.1 Å².